The van der Waals surface area contributed by atoms with Gasteiger partial charge in [0, 0.05) is 15.5 Å². The van der Waals surface area contributed by atoms with Crippen molar-refractivity contribution >= 4 is 55.5 Å². The Morgan fingerprint density at radius 1 is 1.06 bits per heavy atom. The van der Waals surface area contributed by atoms with Gasteiger partial charge in [0.05, 0.1) is 12.1 Å². The number of nitrogens with one attached hydrogen (secondary N) is 1. The lowest BCUT2D eigenvalue weighted by Crippen LogP contribution is -2.07. The maximum Gasteiger partial charge on any atom is 0.221 e. The monoisotopic (exact) mass is 520 g/mol. The second kappa shape index (κ2) is 9.85. The van der Waals surface area contributed by atoms with E-state index in [4.69, 9.17) is 12.2 Å². The number of nitrogens with zero attached hydrogens (tertiary/aromatic N) is 3. The highest BCUT2D eigenvalue weighted by Crippen LogP contribution is 2.40. The summed E-state index contributed by atoms with van der Waals surface area (Å²) in [7, 11) is 0. The van der Waals surface area contributed by atoms with Crippen molar-refractivity contribution in [1.29, 1.82) is 0 Å². The number of aryl methyl sites for hydroxylation is 3. The smallest absolute Gasteiger partial charge is 0.221 e. The summed E-state index contributed by atoms with van der Waals surface area (Å²) in [5.74, 6) is 0.0597. The Bertz CT molecular complexity index is 1380. The number of fused-ring (bicyclic) bond motifs is 1. The van der Waals surface area contributed by atoms with Gasteiger partial charge in [0.1, 0.15) is 0 Å². The van der Waals surface area contributed by atoms with Gasteiger partial charge in [-0.2, -0.15) is 0 Å². The molecule has 0 spiro atoms. The Labute approximate surface area is 207 Å². The zero-order valence-corrected chi connectivity index (χ0v) is 21.2. The minimum Gasteiger partial charge on any atom is -0.493 e. The lowest BCUT2D eigenvalue weighted by molar-refractivity contribution is 0.429. The highest BCUT2D eigenvalue weighted by molar-refractivity contribution is 9.10. The number of anilines is 1. The standard InChI is InChI=1S/C26H25BrN4OS/c1-4-18-7-5-6-8-22(18)28-26(33)30-29-24-21-14-20(27)11-12-23(21)31(25(24)32)15-19-13-16(2)9-10-17(19)3/h5-14,32H,4,15H2,1-3H3,(H,28,33). The summed E-state index contributed by atoms with van der Waals surface area (Å²) in [6.45, 7) is 6.76. The Morgan fingerprint density at radius 2 is 1.85 bits per heavy atom. The summed E-state index contributed by atoms with van der Waals surface area (Å²) in [6, 6.07) is 20.2. The summed E-state index contributed by atoms with van der Waals surface area (Å²) in [5, 5.41) is 23.9. The van der Waals surface area contributed by atoms with Crippen LogP contribution in [0, 0.1) is 13.8 Å². The van der Waals surface area contributed by atoms with Crippen molar-refractivity contribution in [1.82, 2.24) is 4.57 Å². The lowest BCUT2D eigenvalue weighted by atomic mass is 10.1. The molecule has 0 saturated carbocycles. The van der Waals surface area contributed by atoms with E-state index in [9.17, 15) is 5.11 Å². The van der Waals surface area contributed by atoms with E-state index in [1.807, 2.05) is 47.0 Å². The zero-order valence-electron chi connectivity index (χ0n) is 18.8. The molecule has 1 heterocycles. The average molecular weight is 521 g/mol. The molecule has 1 aromatic heterocycles. The van der Waals surface area contributed by atoms with Crippen molar-refractivity contribution < 1.29 is 5.11 Å². The van der Waals surface area contributed by atoms with Crippen LogP contribution in [-0.4, -0.2) is 14.8 Å². The SMILES string of the molecule is CCc1ccccc1NC(=S)N=Nc1c(O)n(Cc2cc(C)ccc2C)c2ccc(Br)cc12. The molecule has 0 radical (unpaired) electrons. The molecule has 0 unspecified atom stereocenters. The average Bonchev–Trinajstić information content (AvgIpc) is 3.05. The van der Waals surface area contributed by atoms with Crippen molar-refractivity contribution in [3.8, 4) is 5.88 Å². The van der Waals surface area contributed by atoms with Crippen LogP contribution in [0.3, 0.4) is 0 Å². The molecule has 3 aromatic carbocycles. The molecule has 0 bridgehead atoms. The molecule has 168 valence electrons. The second-order valence-corrected chi connectivity index (χ2v) is 9.29. The van der Waals surface area contributed by atoms with E-state index in [1.165, 1.54) is 11.1 Å². The summed E-state index contributed by atoms with van der Waals surface area (Å²) in [6.07, 6.45) is 0.879. The minimum absolute atomic E-state index is 0.0597. The van der Waals surface area contributed by atoms with Gasteiger partial charge in [-0.1, -0.05) is 64.8 Å². The second-order valence-electron chi connectivity index (χ2n) is 7.99. The van der Waals surface area contributed by atoms with Gasteiger partial charge >= 0.3 is 0 Å². The quantitative estimate of drug-likeness (QED) is 0.208. The number of para-hydroxylation sites is 1. The minimum atomic E-state index is 0.0597. The van der Waals surface area contributed by atoms with E-state index in [0.29, 0.717) is 12.2 Å². The fraction of sp³-hybridized carbons (Fsp3) is 0.192. The molecule has 4 aromatic rings. The lowest BCUT2D eigenvalue weighted by Gasteiger charge is -2.11. The molecule has 0 aliphatic rings. The first-order valence-electron chi connectivity index (χ1n) is 10.7. The summed E-state index contributed by atoms with van der Waals surface area (Å²) in [5.41, 5.74) is 6.81. The third-order valence-corrected chi connectivity index (χ3v) is 6.36. The van der Waals surface area contributed by atoms with Crippen LogP contribution in [0.25, 0.3) is 10.9 Å². The van der Waals surface area contributed by atoms with E-state index >= 15 is 0 Å². The number of rotatable bonds is 5. The molecule has 7 heteroatoms. The van der Waals surface area contributed by atoms with Crippen LogP contribution in [0.1, 0.15) is 29.2 Å². The molecular weight excluding hydrogens is 496 g/mol. The van der Waals surface area contributed by atoms with Crippen LogP contribution in [0.2, 0.25) is 0 Å². The summed E-state index contributed by atoms with van der Waals surface area (Å²) >= 11 is 8.94. The topological polar surface area (TPSA) is 61.9 Å². The van der Waals surface area contributed by atoms with Gasteiger partial charge in [0.15, 0.2) is 5.69 Å². The normalized spacial score (nSPS) is 11.4. The predicted molar refractivity (Wildman–Crippen MR) is 143 cm³/mol. The molecule has 2 N–H and O–H groups in total. The van der Waals surface area contributed by atoms with E-state index in [0.717, 1.165) is 38.6 Å². The van der Waals surface area contributed by atoms with Crippen LogP contribution >= 0.6 is 28.1 Å². The van der Waals surface area contributed by atoms with Crippen LogP contribution in [0.5, 0.6) is 5.88 Å². The maximum atomic E-state index is 11.1. The predicted octanol–water partition coefficient (Wildman–Crippen LogP) is 7.82. The van der Waals surface area contributed by atoms with Gasteiger partial charge in [0.2, 0.25) is 11.0 Å². The molecule has 33 heavy (non-hydrogen) atoms. The van der Waals surface area contributed by atoms with Crippen LogP contribution < -0.4 is 5.32 Å². The molecule has 0 aliphatic carbocycles. The number of hydrogen-bond acceptors (Lipinski definition) is 3. The number of azo groups is 1. The number of hydrogen-bond donors (Lipinski definition) is 2. The zero-order chi connectivity index (χ0) is 23.5. The van der Waals surface area contributed by atoms with Gasteiger partial charge in [-0.05, 0) is 73.4 Å². The van der Waals surface area contributed by atoms with Crippen molar-refractivity contribution in [2.75, 3.05) is 5.32 Å². The van der Waals surface area contributed by atoms with E-state index in [-0.39, 0.29) is 11.0 Å². The van der Waals surface area contributed by atoms with Crippen LogP contribution in [-0.2, 0) is 13.0 Å². The van der Waals surface area contributed by atoms with Gasteiger partial charge in [-0.15, -0.1) is 10.2 Å². The molecule has 0 amide bonds. The number of halogens is 1. The molecule has 4 rings (SSSR count). The van der Waals surface area contributed by atoms with Gasteiger partial charge in [-0.3, -0.25) is 0 Å². The third-order valence-electron chi connectivity index (χ3n) is 5.69. The summed E-state index contributed by atoms with van der Waals surface area (Å²) < 4.78 is 2.76. The van der Waals surface area contributed by atoms with Gasteiger partial charge in [-0.25, -0.2) is 0 Å². The fourth-order valence-corrected chi connectivity index (χ4v) is 4.39. The molecule has 0 aliphatic heterocycles. The number of thiocarbonyl (C=S) groups is 1. The van der Waals surface area contributed by atoms with E-state index in [2.05, 4.69) is 70.4 Å². The highest BCUT2D eigenvalue weighted by Gasteiger charge is 2.18. The molecule has 0 atom stereocenters. The highest BCUT2D eigenvalue weighted by atomic mass is 79.9. The van der Waals surface area contributed by atoms with Crippen molar-refractivity contribution in [3.63, 3.8) is 0 Å². The Hall–Kier alpha value is -3.03. The van der Waals surface area contributed by atoms with Crippen LogP contribution in [0.4, 0.5) is 11.4 Å². The van der Waals surface area contributed by atoms with Crippen LogP contribution in [0.15, 0.2) is 75.4 Å². The molecular formula is C26H25BrN4OS. The first kappa shape index (κ1) is 23.1. The maximum absolute atomic E-state index is 11.1. The Kier molecular flexibility index (Phi) is 6.91. The molecule has 0 saturated heterocycles. The van der Waals surface area contributed by atoms with Crippen molar-refractivity contribution in [3.05, 3.63) is 87.4 Å². The van der Waals surface area contributed by atoms with Gasteiger partial charge < -0.3 is 15.0 Å². The number of benzene rings is 3. The van der Waals surface area contributed by atoms with Crippen molar-refractivity contribution in [2.45, 2.75) is 33.7 Å². The fourth-order valence-electron chi connectivity index (χ4n) is 3.88. The van der Waals surface area contributed by atoms with E-state index < -0.39 is 0 Å². The first-order valence-corrected chi connectivity index (χ1v) is 11.9. The van der Waals surface area contributed by atoms with Crippen molar-refractivity contribution in [2.24, 2.45) is 10.2 Å². The third kappa shape index (κ3) is 4.99. The number of aromatic hydroxyl groups is 1. The summed E-state index contributed by atoms with van der Waals surface area (Å²) in [4.78, 5) is 0. The van der Waals surface area contributed by atoms with E-state index in [1.54, 1.807) is 0 Å². The first-order chi connectivity index (χ1) is 15.9. The number of aromatic nitrogens is 1. The molecule has 5 nitrogen and oxygen atoms in total. The molecule has 0 fully saturated rings. The largest absolute Gasteiger partial charge is 0.493 e. The van der Waals surface area contributed by atoms with Gasteiger partial charge in [0.25, 0.3) is 0 Å². The Morgan fingerprint density at radius 3 is 2.64 bits per heavy atom. The Balaban J connectivity index is 1.70.